The van der Waals surface area contributed by atoms with Crippen molar-refractivity contribution in [3.8, 4) is 17.5 Å². The molecule has 5 heteroatoms. The van der Waals surface area contributed by atoms with Crippen LogP contribution in [-0.2, 0) is 17.6 Å². The van der Waals surface area contributed by atoms with Gasteiger partial charge >= 0.3 is 0 Å². The van der Waals surface area contributed by atoms with Gasteiger partial charge in [-0.05, 0) is 79.8 Å². The molecule has 1 aromatic carbocycles. The highest BCUT2D eigenvalue weighted by Crippen LogP contribution is 2.29. The lowest BCUT2D eigenvalue weighted by Gasteiger charge is -2.22. The number of fused-ring (bicyclic) bond motifs is 1. The molecule has 0 atom stereocenters. The third-order valence-electron chi connectivity index (χ3n) is 5.80. The molecule has 3 aromatic rings. The van der Waals surface area contributed by atoms with Gasteiger partial charge in [-0.1, -0.05) is 0 Å². The van der Waals surface area contributed by atoms with Gasteiger partial charge in [-0.15, -0.1) is 0 Å². The van der Waals surface area contributed by atoms with Gasteiger partial charge in [0.05, 0.1) is 35.5 Å². The summed E-state index contributed by atoms with van der Waals surface area (Å²) >= 11 is 0. The SMILES string of the molecule is Cc1cc2nc(-c3cnc[nH]3)cc(CCC3CCOCC3)c2cc1CCC#N. The number of nitriles is 1. The summed E-state index contributed by atoms with van der Waals surface area (Å²) in [6.45, 7) is 3.88. The molecule has 28 heavy (non-hydrogen) atoms. The number of aromatic nitrogens is 3. The van der Waals surface area contributed by atoms with Crippen LogP contribution in [0.25, 0.3) is 22.3 Å². The zero-order chi connectivity index (χ0) is 19.3. The fourth-order valence-electron chi connectivity index (χ4n) is 4.09. The predicted molar refractivity (Wildman–Crippen MR) is 110 cm³/mol. The van der Waals surface area contributed by atoms with Crippen LogP contribution in [0.5, 0.6) is 0 Å². The minimum atomic E-state index is 0.545. The average Bonchev–Trinajstić information content (AvgIpc) is 3.26. The van der Waals surface area contributed by atoms with Gasteiger partial charge in [0.1, 0.15) is 0 Å². The van der Waals surface area contributed by atoms with Crippen molar-refractivity contribution < 1.29 is 4.74 Å². The third-order valence-corrected chi connectivity index (χ3v) is 5.80. The van der Waals surface area contributed by atoms with Crippen LogP contribution in [0, 0.1) is 24.2 Å². The molecular formula is C23H26N4O. The lowest BCUT2D eigenvalue weighted by atomic mass is 9.90. The molecular weight excluding hydrogens is 348 g/mol. The maximum atomic E-state index is 8.97. The number of ether oxygens (including phenoxy) is 1. The summed E-state index contributed by atoms with van der Waals surface area (Å²) in [5, 5.41) is 10.2. The van der Waals surface area contributed by atoms with Gasteiger partial charge in [-0.2, -0.15) is 5.26 Å². The van der Waals surface area contributed by atoms with Gasteiger partial charge in [0, 0.05) is 25.0 Å². The molecule has 144 valence electrons. The van der Waals surface area contributed by atoms with E-state index < -0.39 is 0 Å². The molecule has 0 saturated carbocycles. The minimum Gasteiger partial charge on any atom is -0.381 e. The fourth-order valence-corrected chi connectivity index (χ4v) is 4.09. The summed E-state index contributed by atoms with van der Waals surface area (Å²) < 4.78 is 5.51. The van der Waals surface area contributed by atoms with Crippen molar-refractivity contribution in [3.63, 3.8) is 0 Å². The molecule has 0 unspecified atom stereocenters. The number of hydrogen-bond acceptors (Lipinski definition) is 4. The van der Waals surface area contributed by atoms with Crippen molar-refractivity contribution in [2.24, 2.45) is 5.92 Å². The number of rotatable bonds is 6. The number of aromatic amines is 1. The summed E-state index contributed by atoms with van der Waals surface area (Å²) in [5.74, 6) is 0.732. The number of nitrogens with one attached hydrogen (secondary N) is 1. The summed E-state index contributed by atoms with van der Waals surface area (Å²) in [4.78, 5) is 12.2. The Morgan fingerprint density at radius 1 is 1.18 bits per heavy atom. The van der Waals surface area contributed by atoms with E-state index >= 15 is 0 Å². The van der Waals surface area contributed by atoms with Crippen LogP contribution in [0.3, 0.4) is 0 Å². The average molecular weight is 374 g/mol. The Morgan fingerprint density at radius 2 is 2.04 bits per heavy atom. The van der Waals surface area contributed by atoms with Gasteiger partial charge in [0.2, 0.25) is 0 Å². The topological polar surface area (TPSA) is 74.6 Å². The summed E-state index contributed by atoms with van der Waals surface area (Å²) in [7, 11) is 0. The molecule has 0 amide bonds. The molecule has 4 rings (SSSR count). The standard InChI is InChI=1S/C23H26N4O/c1-16-11-21-20(12-18(16)3-2-8-24)19(5-4-17-6-9-28-10-7-17)13-22(27-21)23-14-25-15-26-23/h11-15,17H,2-7,9-10H2,1H3,(H,25,26). The van der Waals surface area contributed by atoms with Crippen LogP contribution in [0.2, 0.25) is 0 Å². The molecule has 0 spiro atoms. The van der Waals surface area contributed by atoms with E-state index in [4.69, 9.17) is 15.0 Å². The van der Waals surface area contributed by atoms with Gasteiger partial charge < -0.3 is 9.72 Å². The van der Waals surface area contributed by atoms with Crippen molar-refractivity contribution in [3.05, 3.63) is 47.4 Å². The summed E-state index contributed by atoms with van der Waals surface area (Å²) in [6.07, 6.45) is 9.37. The van der Waals surface area contributed by atoms with Crippen molar-refractivity contribution in [2.75, 3.05) is 13.2 Å². The number of imidazole rings is 1. The second-order valence-corrected chi connectivity index (χ2v) is 7.68. The zero-order valence-electron chi connectivity index (χ0n) is 16.4. The monoisotopic (exact) mass is 374 g/mol. The van der Waals surface area contributed by atoms with E-state index in [9.17, 15) is 0 Å². The van der Waals surface area contributed by atoms with Crippen LogP contribution >= 0.6 is 0 Å². The molecule has 5 nitrogen and oxygen atoms in total. The second kappa shape index (κ2) is 8.53. The van der Waals surface area contributed by atoms with Crippen LogP contribution < -0.4 is 0 Å². The molecule has 1 N–H and O–H groups in total. The highest BCUT2D eigenvalue weighted by molar-refractivity contribution is 5.86. The molecule has 0 bridgehead atoms. The summed E-state index contributed by atoms with van der Waals surface area (Å²) in [5.41, 5.74) is 6.69. The van der Waals surface area contributed by atoms with E-state index in [2.05, 4.69) is 41.2 Å². The first kappa shape index (κ1) is 18.6. The first-order chi connectivity index (χ1) is 13.7. The Labute approximate surface area is 165 Å². The molecule has 1 saturated heterocycles. The van der Waals surface area contributed by atoms with Gasteiger partial charge in [-0.25, -0.2) is 9.97 Å². The quantitative estimate of drug-likeness (QED) is 0.676. The van der Waals surface area contributed by atoms with E-state index in [0.29, 0.717) is 6.42 Å². The number of nitrogens with zero attached hydrogens (tertiary/aromatic N) is 3. The lowest BCUT2D eigenvalue weighted by molar-refractivity contribution is 0.0640. The minimum absolute atomic E-state index is 0.545. The Bertz CT molecular complexity index is 982. The Kier molecular flexibility index (Phi) is 5.68. The lowest BCUT2D eigenvalue weighted by Crippen LogP contribution is -2.16. The van der Waals surface area contributed by atoms with Crippen molar-refractivity contribution in [1.29, 1.82) is 5.26 Å². The van der Waals surface area contributed by atoms with Crippen LogP contribution in [-0.4, -0.2) is 28.2 Å². The summed E-state index contributed by atoms with van der Waals surface area (Å²) in [6, 6.07) is 8.89. The third kappa shape index (κ3) is 4.07. The Balaban J connectivity index is 1.72. The molecule has 1 aliphatic rings. The highest BCUT2D eigenvalue weighted by Gasteiger charge is 2.16. The molecule has 1 aliphatic heterocycles. The first-order valence-electron chi connectivity index (χ1n) is 10.1. The van der Waals surface area contributed by atoms with Gasteiger partial charge in [0.25, 0.3) is 0 Å². The molecule has 1 fully saturated rings. The number of aryl methyl sites for hydroxylation is 3. The van der Waals surface area contributed by atoms with E-state index in [1.165, 1.54) is 28.5 Å². The van der Waals surface area contributed by atoms with Crippen molar-refractivity contribution in [2.45, 2.75) is 45.4 Å². The largest absolute Gasteiger partial charge is 0.381 e. The van der Waals surface area contributed by atoms with Crippen LogP contribution in [0.4, 0.5) is 0 Å². The Hall–Kier alpha value is -2.71. The maximum absolute atomic E-state index is 8.97. The van der Waals surface area contributed by atoms with Crippen LogP contribution in [0.1, 0.15) is 42.4 Å². The van der Waals surface area contributed by atoms with Crippen molar-refractivity contribution in [1.82, 2.24) is 15.0 Å². The number of benzene rings is 1. The number of hydrogen-bond donors (Lipinski definition) is 1. The predicted octanol–water partition coefficient (Wildman–Crippen LogP) is 4.75. The van der Waals surface area contributed by atoms with E-state index in [1.807, 2.05) is 6.20 Å². The number of H-pyrrole nitrogens is 1. The highest BCUT2D eigenvalue weighted by atomic mass is 16.5. The molecule has 0 radical (unpaired) electrons. The second-order valence-electron chi connectivity index (χ2n) is 7.68. The molecule has 2 aromatic heterocycles. The number of pyridine rings is 1. The van der Waals surface area contributed by atoms with E-state index in [1.54, 1.807) is 6.33 Å². The Morgan fingerprint density at radius 3 is 2.79 bits per heavy atom. The zero-order valence-corrected chi connectivity index (χ0v) is 16.4. The van der Waals surface area contributed by atoms with Crippen LogP contribution in [0.15, 0.2) is 30.7 Å². The normalized spacial score (nSPS) is 15.0. The molecule has 0 aliphatic carbocycles. The molecule has 3 heterocycles. The maximum Gasteiger partial charge on any atom is 0.0924 e. The van der Waals surface area contributed by atoms with Gasteiger partial charge in [-0.3, -0.25) is 0 Å². The van der Waals surface area contributed by atoms with E-state index in [0.717, 1.165) is 61.7 Å². The van der Waals surface area contributed by atoms with Gasteiger partial charge in [0.15, 0.2) is 0 Å². The fraction of sp³-hybridized carbons (Fsp3) is 0.435. The smallest absolute Gasteiger partial charge is 0.0924 e. The first-order valence-corrected chi connectivity index (χ1v) is 10.1. The van der Waals surface area contributed by atoms with E-state index in [-0.39, 0.29) is 0 Å². The van der Waals surface area contributed by atoms with Crippen molar-refractivity contribution >= 4 is 10.9 Å².